The smallest absolute Gasteiger partial charge is 0.318 e. The zero-order chi connectivity index (χ0) is 52.3. The first-order chi connectivity index (χ1) is 32.6. The summed E-state index contributed by atoms with van der Waals surface area (Å²) < 4.78 is 42.0. The highest BCUT2D eigenvalue weighted by Gasteiger charge is 2.59. The second-order valence-corrected chi connectivity index (χ2v) is 31.9. The van der Waals surface area contributed by atoms with Gasteiger partial charge in [0, 0.05) is 35.2 Å². The van der Waals surface area contributed by atoms with Gasteiger partial charge in [0.2, 0.25) is 5.72 Å². The van der Waals surface area contributed by atoms with E-state index in [9.17, 15) is 29.3 Å². The minimum atomic E-state index is -2.02. The molecule has 2 aromatic rings. The van der Waals surface area contributed by atoms with Gasteiger partial charge in [-0.05, 0) is 94.9 Å². The van der Waals surface area contributed by atoms with Gasteiger partial charge in [-0.2, -0.15) is 0 Å². The Kier molecular flexibility index (Phi) is 19.7. The van der Waals surface area contributed by atoms with Gasteiger partial charge in [0.1, 0.15) is 37.6 Å². The van der Waals surface area contributed by atoms with Crippen molar-refractivity contribution in [3.8, 4) is 5.75 Å². The standard InChI is InChI=1S/C53H82N2O13Si2/c1-15-17-28-49(5,6)70(13,14)68-52(10,16-2)69(11,12)35-20-31-62-33-34-63-45(56)25-26-46(57)65-37-51(9,38-66-47(58)39(3)4)48(59)64-32-30-54-43-22-19-18-21-42(43)50(7,8)53(54)29-27-40-36-41(55(60)61)23-24-44(40)67-53/h18-19,21-24,27,29,36,39H,15-17,20,25-26,28,30-35,37-38H2,1-14H3. The van der Waals surface area contributed by atoms with Gasteiger partial charge in [0.25, 0.3) is 5.69 Å². The molecule has 17 heteroatoms. The van der Waals surface area contributed by atoms with Gasteiger partial charge in [-0.25, -0.2) is 0 Å². The summed E-state index contributed by atoms with van der Waals surface area (Å²) in [5.74, 6) is -2.64. The molecular formula is C53H82N2O13Si2. The molecule has 2 aliphatic heterocycles. The highest BCUT2D eigenvalue weighted by atomic mass is 28.4. The number of esters is 4. The first-order valence-electron chi connectivity index (χ1n) is 25.1. The number of carbonyl (C=O) groups excluding carboxylic acids is 4. The maximum Gasteiger partial charge on any atom is 0.318 e. The summed E-state index contributed by atoms with van der Waals surface area (Å²) in [5.41, 5.74) is -0.966. The predicted octanol–water partition coefficient (Wildman–Crippen LogP) is 11.1. The Morgan fingerprint density at radius 3 is 2.14 bits per heavy atom. The van der Waals surface area contributed by atoms with E-state index in [0.717, 1.165) is 30.1 Å². The molecule has 0 amide bonds. The van der Waals surface area contributed by atoms with E-state index in [2.05, 4.69) is 60.8 Å². The van der Waals surface area contributed by atoms with Gasteiger partial charge < -0.3 is 37.7 Å². The number of hydrogen-bond acceptors (Lipinski definition) is 14. The fraction of sp³-hybridized carbons (Fsp3) is 0.660. The molecule has 2 aliphatic rings. The number of fused-ring (bicyclic) bond motifs is 2. The second kappa shape index (κ2) is 23.8. The summed E-state index contributed by atoms with van der Waals surface area (Å²) >= 11 is 0. The maximum atomic E-state index is 13.9. The Morgan fingerprint density at radius 1 is 0.843 bits per heavy atom. The molecule has 0 N–H and O–H groups in total. The van der Waals surface area contributed by atoms with Crippen molar-refractivity contribution in [1.29, 1.82) is 0 Å². The van der Waals surface area contributed by atoms with Crippen LogP contribution in [0.2, 0.25) is 37.3 Å². The van der Waals surface area contributed by atoms with Crippen molar-refractivity contribution in [2.75, 3.05) is 51.1 Å². The number of nitrogens with zero attached hydrogens (tertiary/aromatic N) is 2. The summed E-state index contributed by atoms with van der Waals surface area (Å²) in [5, 5.41) is 11.5. The number of carbonyl (C=O) groups is 4. The highest BCUT2D eigenvalue weighted by Crippen LogP contribution is 2.55. The number of unbranched alkanes of at least 4 members (excludes halogenated alkanes) is 1. The van der Waals surface area contributed by atoms with Gasteiger partial charge in [-0.15, -0.1) is 0 Å². The minimum Gasteiger partial charge on any atom is -0.464 e. The molecule has 1 spiro atoms. The van der Waals surface area contributed by atoms with E-state index >= 15 is 0 Å². The third-order valence-electron chi connectivity index (χ3n) is 15.2. The van der Waals surface area contributed by atoms with Crippen molar-refractivity contribution in [2.45, 2.75) is 168 Å². The lowest BCUT2D eigenvalue weighted by Crippen LogP contribution is -2.60. The molecule has 0 bridgehead atoms. The predicted molar refractivity (Wildman–Crippen MR) is 277 cm³/mol. The number of nitro benzene ring substituents is 1. The van der Waals surface area contributed by atoms with Crippen LogP contribution in [0.1, 0.15) is 125 Å². The second-order valence-electron chi connectivity index (χ2n) is 22.0. The lowest BCUT2D eigenvalue weighted by atomic mass is 9.76. The van der Waals surface area contributed by atoms with Crippen molar-refractivity contribution in [1.82, 2.24) is 0 Å². The minimum absolute atomic E-state index is 0.0460. The van der Waals surface area contributed by atoms with Crippen molar-refractivity contribution < 1.29 is 56.9 Å². The van der Waals surface area contributed by atoms with Crippen LogP contribution in [0, 0.1) is 21.4 Å². The van der Waals surface area contributed by atoms with E-state index in [-0.39, 0.29) is 55.2 Å². The van der Waals surface area contributed by atoms with Gasteiger partial charge in [-0.3, -0.25) is 29.3 Å². The van der Waals surface area contributed by atoms with Gasteiger partial charge in [-0.1, -0.05) is 91.7 Å². The fourth-order valence-corrected chi connectivity index (χ4v) is 15.8. The number of ether oxygens (including phenoxy) is 6. The van der Waals surface area contributed by atoms with Crippen LogP contribution >= 0.6 is 0 Å². The Morgan fingerprint density at radius 2 is 1.50 bits per heavy atom. The van der Waals surface area contributed by atoms with Gasteiger partial charge in [0.05, 0.1) is 50.3 Å². The number of rotatable bonds is 28. The van der Waals surface area contributed by atoms with E-state index in [1.165, 1.54) is 38.3 Å². The van der Waals surface area contributed by atoms with E-state index in [4.69, 9.17) is 32.8 Å². The van der Waals surface area contributed by atoms with Crippen LogP contribution in [0.5, 0.6) is 5.75 Å². The van der Waals surface area contributed by atoms with E-state index in [1.807, 2.05) is 55.2 Å². The van der Waals surface area contributed by atoms with Crippen LogP contribution in [0.3, 0.4) is 0 Å². The molecule has 4 rings (SSSR count). The number of hydrogen-bond donors (Lipinski definition) is 0. The van der Waals surface area contributed by atoms with Crippen molar-refractivity contribution in [3.05, 3.63) is 69.8 Å². The summed E-state index contributed by atoms with van der Waals surface area (Å²) in [4.78, 5) is 65.0. The van der Waals surface area contributed by atoms with Gasteiger partial charge >= 0.3 is 23.9 Å². The Bertz CT molecular complexity index is 2190. The molecule has 0 fully saturated rings. The summed E-state index contributed by atoms with van der Waals surface area (Å²) in [6.45, 7) is 30.0. The molecule has 0 radical (unpaired) electrons. The van der Waals surface area contributed by atoms with Gasteiger partial charge in [0.15, 0.2) is 8.32 Å². The molecule has 390 valence electrons. The lowest BCUT2D eigenvalue weighted by Gasteiger charge is -2.51. The number of para-hydroxylation sites is 1. The van der Waals surface area contributed by atoms with Crippen molar-refractivity contribution in [2.24, 2.45) is 11.3 Å². The summed E-state index contributed by atoms with van der Waals surface area (Å²) in [7, 11) is -3.85. The number of nitro groups is 1. The van der Waals surface area contributed by atoms with Crippen LogP contribution in [0.15, 0.2) is 48.5 Å². The first-order valence-corrected chi connectivity index (χ1v) is 31.2. The number of benzene rings is 2. The third-order valence-corrected chi connectivity index (χ3v) is 24.8. The van der Waals surface area contributed by atoms with Crippen molar-refractivity contribution >= 4 is 57.7 Å². The monoisotopic (exact) mass is 1010 g/mol. The Balaban J connectivity index is 1.27. The molecule has 0 saturated heterocycles. The molecule has 70 heavy (non-hydrogen) atoms. The Labute approximate surface area is 418 Å². The fourth-order valence-electron chi connectivity index (χ4n) is 9.05. The van der Waals surface area contributed by atoms with Crippen molar-refractivity contribution in [3.63, 3.8) is 0 Å². The number of non-ortho nitro benzene ring substituents is 1. The number of anilines is 1. The quantitative estimate of drug-likeness (QED) is 0.0196. The molecule has 15 nitrogen and oxygen atoms in total. The molecule has 2 aromatic carbocycles. The topological polar surface area (TPSA) is 179 Å². The lowest BCUT2D eigenvalue weighted by molar-refractivity contribution is -0.384. The SMILES string of the molecule is CCCCC(C)(C)[Si](C)(C)OC(C)(CC)[Si](C)(C)CCCOCCOC(=O)CCC(=O)OCC(C)(COC(=O)C(C)C)C(=O)OCCN1c2ccccc2C(C)(C)C12C=Cc1cc([N+](=O)[O-])ccc1O2. The molecule has 3 atom stereocenters. The van der Waals surface area contributed by atoms with Crippen LogP contribution in [0.25, 0.3) is 6.08 Å². The van der Waals surface area contributed by atoms with E-state index < -0.39 is 80.9 Å². The first kappa shape index (κ1) is 58.0. The van der Waals surface area contributed by atoms with Crippen LogP contribution in [0.4, 0.5) is 11.4 Å². The molecule has 2 heterocycles. The normalized spacial score (nSPS) is 18.0. The zero-order valence-electron chi connectivity index (χ0n) is 44.6. The summed E-state index contributed by atoms with van der Waals surface area (Å²) in [6.07, 6.45) is 8.58. The third kappa shape index (κ3) is 13.5. The zero-order valence-corrected chi connectivity index (χ0v) is 46.6. The average Bonchev–Trinajstić information content (AvgIpc) is 3.48. The maximum absolute atomic E-state index is 13.9. The van der Waals surface area contributed by atoms with Crippen LogP contribution < -0.4 is 9.64 Å². The molecular weight excluding hydrogens is 929 g/mol. The molecule has 0 saturated carbocycles. The highest BCUT2D eigenvalue weighted by molar-refractivity contribution is 6.82. The molecule has 0 aliphatic carbocycles. The van der Waals surface area contributed by atoms with E-state index in [0.29, 0.717) is 17.9 Å². The summed E-state index contributed by atoms with van der Waals surface area (Å²) in [6, 6.07) is 13.3. The van der Waals surface area contributed by atoms with Crippen LogP contribution in [-0.2, 0) is 52.7 Å². The van der Waals surface area contributed by atoms with Crippen LogP contribution in [-0.4, -0.2) is 102 Å². The molecule has 3 unspecified atom stereocenters. The largest absolute Gasteiger partial charge is 0.464 e. The Hall–Kier alpha value is -4.59. The van der Waals surface area contributed by atoms with E-state index in [1.54, 1.807) is 19.9 Å². The molecule has 0 aromatic heterocycles. The average molecular weight is 1010 g/mol.